The lowest BCUT2D eigenvalue weighted by atomic mass is 10.1. The molecule has 2 unspecified atom stereocenters. The van der Waals surface area contributed by atoms with Crippen LogP contribution in [0, 0.1) is 0 Å². The summed E-state index contributed by atoms with van der Waals surface area (Å²) in [6.07, 6.45) is 3.07. The largest absolute Gasteiger partial charge is 0.480 e. The van der Waals surface area contributed by atoms with Gasteiger partial charge in [0, 0.05) is 0 Å². The van der Waals surface area contributed by atoms with E-state index >= 15 is 0 Å². The SMILES string of the molecule is CC(CCC(N=C=O)C(=O)O)N=C=O. The Hall–Kier alpha value is -1.77. The van der Waals surface area contributed by atoms with Gasteiger partial charge in [-0.1, -0.05) is 0 Å². The zero-order valence-corrected chi connectivity index (χ0v) is 7.64. The summed E-state index contributed by atoms with van der Waals surface area (Å²) in [6, 6.07) is -1.41. The lowest BCUT2D eigenvalue weighted by Gasteiger charge is -2.06. The first-order valence-electron chi connectivity index (χ1n) is 3.98. The first kappa shape index (κ1) is 12.2. The summed E-state index contributed by atoms with van der Waals surface area (Å²) in [4.78, 5) is 36.6. The number of isocyanates is 2. The number of carboxylic acid groups (broad SMARTS) is 1. The van der Waals surface area contributed by atoms with E-state index in [0.29, 0.717) is 6.42 Å². The van der Waals surface area contributed by atoms with Gasteiger partial charge in [-0.2, -0.15) is 4.99 Å². The van der Waals surface area contributed by atoms with Crippen LogP contribution in [0.25, 0.3) is 0 Å². The average Bonchev–Trinajstić information content (AvgIpc) is 2.12. The van der Waals surface area contributed by atoms with Crippen LogP contribution >= 0.6 is 0 Å². The number of rotatable bonds is 6. The highest BCUT2D eigenvalue weighted by Crippen LogP contribution is 2.07. The Labute approximate surface area is 80.4 Å². The number of carbonyl (C=O) groups is 1. The molecule has 1 N–H and O–H groups in total. The maximum Gasteiger partial charge on any atom is 0.329 e. The van der Waals surface area contributed by atoms with Crippen molar-refractivity contribution in [2.45, 2.75) is 31.8 Å². The molecule has 0 aromatic carbocycles. The molecular weight excluding hydrogens is 188 g/mol. The molecule has 0 aliphatic carbocycles. The molecule has 0 rings (SSSR count). The standard InChI is InChI=1S/C8H10N2O4/c1-6(9-4-11)2-3-7(8(13)14)10-5-12/h6-7H,2-3H2,1H3,(H,13,14). The highest BCUT2D eigenvalue weighted by atomic mass is 16.4. The second kappa shape index (κ2) is 6.71. The first-order valence-corrected chi connectivity index (χ1v) is 3.98. The molecule has 0 heterocycles. The van der Waals surface area contributed by atoms with E-state index in [4.69, 9.17) is 5.11 Å². The lowest BCUT2D eigenvalue weighted by molar-refractivity contribution is -0.138. The van der Waals surface area contributed by atoms with Crippen molar-refractivity contribution in [3.05, 3.63) is 0 Å². The van der Waals surface area contributed by atoms with Gasteiger partial charge in [0.15, 0.2) is 6.04 Å². The Balaban J connectivity index is 4.12. The van der Waals surface area contributed by atoms with Crippen LogP contribution in [0.3, 0.4) is 0 Å². The second-order valence-corrected chi connectivity index (χ2v) is 2.72. The van der Waals surface area contributed by atoms with Crippen molar-refractivity contribution >= 4 is 18.1 Å². The normalized spacial score (nSPS) is 13.2. The molecule has 0 amide bonds. The highest BCUT2D eigenvalue weighted by Gasteiger charge is 2.16. The maximum absolute atomic E-state index is 10.5. The Morgan fingerprint density at radius 1 is 1.29 bits per heavy atom. The van der Waals surface area contributed by atoms with E-state index in [9.17, 15) is 14.4 Å². The van der Waals surface area contributed by atoms with Gasteiger partial charge >= 0.3 is 5.97 Å². The number of hydrogen-bond acceptors (Lipinski definition) is 5. The molecule has 0 spiro atoms. The minimum Gasteiger partial charge on any atom is -0.480 e. The van der Waals surface area contributed by atoms with Crippen molar-refractivity contribution in [1.82, 2.24) is 0 Å². The van der Waals surface area contributed by atoms with Crippen molar-refractivity contribution in [3.8, 4) is 0 Å². The molecule has 0 bridgehead atoms. The predicted molar refractivity (Wildman–Crippen MR) is 46.4 cm³/mol. The van der Waals surface area contributed by atoms with Crippen molar-refractivity contribution in [2.24, 2.45) is 9.98 Å². The molecule has 0 aromatic heterocycles. The van der Waals surface area contributed by atoms with Crippen LogP contribution in [0.2, 0.25) is 0 Å². The molecule has 14 heavy (non-hydrogen) atoms. The smallest absolute Gasteiger partial charge is 0.329 e. The molecule has 0 aromatic rings. The Bertz CT molecular complexity index is 288. The number of carbonyl (C=O) groups excluding carboxylic acids is 2. The van der Waals surface area contributed by atoms with Crippen LogP contribution < -0.4 is 0 Å². The van der Waals surface area contributed by atoms with Gasteiger partial charge in [0.05, 0.1) is 6.04 Å². The topological polar surface area (TPSA) is 96.2 Å². The van der Waals surface area contributed by atoms with E-state index in [0.717, 1.165) is 0 Å². The van der Waals surface area contributed by atoms with Crippen LogP contribution in [0.15, 0.2) is 9.98 Å². The Morgan fingerprint density at radius 2 is 1.86 bits per heavy atom. The third-order valence-electron chi connectivity index (χ3n) is 1.62. The van der Waals surface area contributed by atoms with E-state index in [1.165, 1.54) is 12.2 Å². The fourth-order valence-electron chi connectivity index (χ4n) is 0.860. The summed E-state index contributed by atoms with van der Waals surface area (Å²) in [6.45, 7) is 1.65. The number of aliphatic imine (C=N–C) groups is 2. The van der Waals surface area contributed by atoms with Crippen LogP contribution in [-0.2, 0) is 14.4 Å². The van der Waals surface area contributed by atoms with E-state index in [2.05, 4.69) is 9.98 Å². The van der Waals surface area contributed by atoms with E-state index < -0.39 is 12.0 Å². The molecular formula is C8H10N2O4. The summed E-state index contributed by atoms with van der Waals surface area (Å²) >= 11 is 0. The zero-order chi connectivity index (χ0) is 11.0. The third-order valence-corrected chi connectivity index (χ3v) is 1.62. The molecule has 0 aliphatic rings. The number of aliphatic carboxylic acids is 1. The summed E-state index contributed by atoms with van der Waals surface area (Å²) in [5.41, 5.74) is 0. The highest BCUT2D eigenvalue weighted by molar-refractivity contribution is 5.74. The van der Waals surface area contributed by atoms with Crippen LogP contribution in [0.5, 0.6) is 0 Å². The number of nitrogens with zero attached hydrogens (tertiary/aromatic N) is 2. The molecule has 6 heteroatoms. The van der Waals surface area contributed by atoms with Crippen molar-refractivity contribution in [3.63, 3.8) is 0 Å². The summed E-state index contributed by atoms with van der Waals surface area (Å²) < 4.78 is 0. The van der Waals surface area contributed by atoms with Crippen LogP contribution in [0.1, 0.15) is 19.8 Å². The summed E-state index contributed by atoms with van der Waals surface area (Å²) in [5.74, 6) is -1.18. The minimum absolute atomic E-state index is 0.150. The summed E-state index contributed by atoms with van der Waals surface area (Å²) in [5, 5.41) is 8.57. The second-order valence-electron chi connectivity index (χ2n) is 2.72. The summed E-state index contributed by atoms with van der Waals surface area (Å²) in [7, 11) is 0. The van der Waals surface area contributed by atoms with Gasteiger partial charge in [-0.25, -0.2) is 19.4 Å². The monoisotopic (exact) mass is 198 g/mol. The van der Waals surface area contributed by atoms with Gasteiger partial charge in [-0.05, 0) is 19.8 Å². The number of hydrogen-bond donors (Lipinski definition) is 1. The maximum atomic E-state index is 10.5. The molecule has 0 saturated heterocycles. The first-order chi connectivity index (χ1) is 6.61. The van der Waals surface area contributed by atoms with Gasteiger partial charge in [-0.3, -0.25) is 0 Å². The van der Waals surface area contributed by atoms with Gasteiger partial charge in [-0.15, -0.1) is 0 Å². The van der Waals surface area contributed by atoms with E-state index in [1.807, 2.05) is 0 Å². The fourth-order valence-corrected chi connectivity index (χ4v) is 0.860. The van der Waals surface area contributed by atoms with Crippen molar-refractivity contribution in [1.29, 1.82) is 0 Å². The van der Waals surface area contributed by atoms with E-state index in [-0.39, 0.29) is 12.5 Å². The lowest BCUT2D eigenvalue weighted by Crippen LogP contribution is -2.19. The van der Waals surface area contributed by atoms with E-state index in [1.54, 1.807) is 6.92 Å². The van der Waals surface area contributed by atoms with Crippen molar-refractivity contribution in [2.75, 3.05) is 0 Å². The van der Waals surface area contributed by atoms with Gasteiger partial charge < -0.3 is 5.11 Å². The Morgan fingerprint density at radius 3 is 2.29 bits per heavy atom. The molecule has 0 radical (unpaired) electrons. The molecule has 2 atom stereocenters. The molecule has 6 nitrogen and oxygen atoms in total. The van der Waals surface area contributed by atoms with Gasteiger partial charge in [0.25, 0.3) is 0 Å². The minimum atomic E-state index is -1.18. The quantitative estimate of drug-likeness (QED) is 0.489. The van der Waals surface area contributed by atoms with Crippen LogP contribution in [0.4, 0.5) is 0 Å². The third kappa shape index (κ3) is 4.98. The number of carboxylic acids is 1. The molecule has 76 valence electrons. The molecule has 0 fully saturated rings. The van der Waals surface area contributed by atoms with Crippen molar-refractivity contribution < 1.29 is 19.5 Å². The average molecular weight is 198 g/mol. The van der Waals surface area contributed by atoms with Crippen LogP contribution in [-0.4, -0.2) is 35.3 Å². The molecule has 0 aliphatic heterocycles. The Kier molecular flexibility index (Phi) is 5.87. The fraction of sp³-hybridized carbons (Fsp3) is 0.625. The van der Waals surface area contributed by atoms with Gasteiger partial charge in [0.2, 0.25) is 12.2 Å². The zero-order valence-electron chi connectivity index (χ0n) is 7.64. The molecule has 0 saturated carbocycles. The predicted octanol–water partition coefficient (Wildman–Crippen LogP) is 0.280. The van der Waals surface area contributed by atoms with Gasteiger partial charge in [0.1, 0.15) is 0 Å².